The Labute approximate surface area is 119 Å². The minimum absolute atomic E-state index is 0.662. The predicted molar refractivity (Wildman–Crippen MR) is 87.7 cm³/mol. The van der Waals surface area contributed by atoms with Crippen molar-refractivity contribution in [3.8, 4) is 0 Å². The van der Waals surface area contributed by atoms with Crippen LogP contribution in [0.25, 0.3) is 6.08 Å². The highest BCUT2D eigenvalue weighted by Crippen LogP contribution is 2.19. The molecule has 0 N–H and O–H groups in total. The molecule has 1 aromatic rings. The van der Waals surface area contributed by atoms with Crippen LogP contribution in [0.4, 0.5) is 5.69 Å². The summed E-state index contributed by atoms with van der Waals surface area (Å²) in [6.07, 6.45) is 8.53. The highest BCUT2D eigenvalue weighted by Gasteiger charge is 2.05. The van der Waals surface area contributed by atoms with Crippen LogP contribution in [0.2, 0.25) is 0 Å². The molecule has 0 saturated carbocycles. The van der Waals surface area contributed by atoms with Gasteiger partial charge < -0.3 is 4.90 Å². The van der Waals surface area contributed by atoms with Crippen molar-refractivity contribution in [2.75, 3.05) is 19.0 Å². The second kappa shape index (κ2) is 8.04. The molecular formula is C18H29N. The van der Waals surface area contributed by atoms with Crippen LogP contribution < -0.4 is 4.90 Å². The molecule has 0 fully saturated rings. The highest BCUT2D eigenvalue weighted by molar-refractivity contribution is 5.55. The van der Waals surface area contributed by atoms with Crippen molar-refractivity contribution >= 4 is 11.8 Å². The minimum Gasteiger partial charge on any atom is -0.378 e. The fraction of sp³-hybridized carbons (Fsp3) is 0.556. The monoisotopic (exact) mass is 259 g/mol. The molecular weight excluding hydrogens is 230 g/mol. The third kappa shape index (κ3) is 5.96. The van der Waals surface area contributed by atoms with E-state index in [9.17, 15) is 0 Å². The van der Waals surface area contributed by atoms with Gasteiger partial charge in [0.1, 0.15) is 0 Å². The van der Waals surface area contributed by atoms with Crippen LogP contribution in [0.3, 0.4) is 0 Å². The first-order valence-electron chi connectivity index (χ1n) is 7.48. The Kier molecular flexibility index (Phi) is 6.69. The molecule has 1 nitrogen and oxygen atoms in total. The summed E-state index contributed by atoms with van der Waals surface area (Å²) in [5.41, 5.74) is 2.54. The summed E-state index contributed by atoms with van der Waals surface area (Å²) in [5.74, 6) is 1.50. The van der Waals surface area contributed by atoms with Gasteiger partial charge >= 0.3 is 0 Å². The van der Waals surface area contributed by atoms with E-state index in [-0.39, 0.29) is 0 Å². The van der Waals surface area contributed by atoms with Crippen molar-refractivity contribution in [2.24, 2.45) is 11.8 Å². The fourth-order valence-electron chi connectivity index (χ4n) is 2.48. The Morgan fingerprint density at radius 2 is 1.74 bits per heavy atom. The van der Waals surface area contributed by atoms with Gasteiger partial charge in [-0.2, -0.15) is 0 Å². The summed E-state index contributed by atoms with van der Waals surface area (Å²) >= 11 is 0. The SMILES string of the molecule is CCCC(C)CC(C)/C=C/c1ccc(N(C)C)cc1. The lowest BCUT2D eigenvalue weighted by Gasteiger charge is -2.13. The van der Waals surface area contributed by atoms with Crippen LogP contribution in [0.15, 0.2) is 30.3 Å². The maximum atomic E-state index is 2.36. The van der Waals surface area contributed by atoms with Crippen molar-refractivity contribution in [3.63, 3.8) is 0 Å². The summed E-state index contributed by atoms with van der Waals surface area (Å²) in [6.45, 7) is 6.94. The van der Waals surface area contributed by atoms with Crippen molar-refractivity contribution in [2.45, 2.75) is 40.0 Å². The topological polar surface area (TPSA) is 3.24 Å². The predicted octanol–water partition coefficient (Wildman–Crippen LogP) is 5.23. The molecule has 0 spiro atoms. The molecule has 0 bridgehead atoms. The Morgan fingerprint density at radius 1 is 1.11 bits per heavy atom. The van der Waals surface area contributed by atoms with Gasteiger partial charge in [-0.3, -0.25) is 0 Å². The highest BCUT2D eigenvalue weighted by atomic mass is 15.1. The van der Waals surface area contributed by atoms with E-state index in [1.807, 2.05) is 0 Å². The molecule has 0 amide bonds. The minimum atomic E-state index is 0.662. The summed E-state index contributed by atoms with van der Waals surface area (Å²) in [7, 11) is 4.14. The molecule has 0 aliphatic heterocycles. The Hall–Kier alpha value is -1.24. The zero-order chi connectivity index (χ0) is 14.3. The van der Waals surface area contributed by atoms with Gasteiger partial charge in [-0.25, -0.2) is 0 Å². The van der Waals surface area contributed by atoms with E-state index in [2.05, 4.69) is 76.2 Å². The van der Waals surface area contributed by atoms with E-state index in [1.165, 1.54) is 30.5 Å². The van der Waals surface area contributed by atoms with Crippen molar-refractivity contribution in [1.82, 2.24) is 0 Å². The van der Waals surface area contributed by atoms with Crippen LogP contribution in [0, 0.1) is 11.8 Å². The van der Waals surface area contributed by atoms with Gasteiger partial charge in [0.05, 0.1) is 0 Å². The number of benzene rings is 1. The maximum absolute atomic E-state index is 2.36. The quantitative estimate of drug-likeness (QED) is 0.648. The lowest BCUT2D eigenvalue weighted by atomic mass is 9.93. The maximum Gasteiger partial charge on any atom is 0.0361 e. The van der Waals surface area contributed by atoms with Gasteiger partial charge in [-0.1, -0.05) is 57.9 Å². The third-order valence-corrected chi connectivity index (χ3v) is 3.58. The number of anilines is 1. The molecule has 106 valence electrons. The van der Waals surface area contributed by atoms with Crippen molar-refractivity contribution in [1.29, 1.82) is 0 Å². The van der Waals surface area contributed by atoms with E-state index in [0.29, 0.717) is 5.92 Å². The molecule has 0 aliphatic carbocycles. The lowest BCUT2D eigenvalue weighted by Crippen LogP contribution is -2.07. The first kappa shape index (κ1) is 15.8. The van der Waals surface area contributed by atoms with Crippen molar-refractivity contribution in [3.05, 3.63) is 35.9 Å². The van der Waals surface area contributed by atoms with Crippen LogP contribution in [-0.2, 0) is 0 Å². The molecule has 0 aliphatic rings. The molecule has 2 atom stereocenters. The summed E-state index contributed by atoms with van der Waals surface area (Å²) in [6, 6.07) is 8.72. The smallest absolute Gasteiger partial charge is 0.0361 e. The number of allylic oxidation sites excluding steroid dienone is 1. The molecule has 0 radical (unpaired) electrons. The number of hydrogen-bond donors (Lipinski definition) is 0. The van der Waals surface area contributed by atoms with Gasteiger partial charge in [0.15, 0.2) is 0 Å². The Bertz CT molecular complexity index is 375. The zero-order valence-electron chi connectivity index (χ0n) is 13.2. The standard InChI is InChI=1S/C18H29N/c1-6-7-15(2)14-16(3)8-9-17-10-12-18(13-11-17)19(4)5/h8-13,15-16H,6-7,14H2,1-5H3/b9-8+. The van der Waals surface area contributed by atoms with E-state index in [1.54, 1.807) is 0 Å². The molecule has 19 heavy (non-hydrogen) atoms. The number of hydrogen-bond acceptors (Lipinski definition) is 1. The first-order chi connectivity index (χ1) is 9.02. The molecule has 0 aromatic heterocycles. The van der Waals surface area contributed by atoms with Crippen LogP contribution in [0.5, 0.6) is 0 Å². The average molecular weight is 259 g/mol. The molecule has 1 rings (SSSR count). The number of rotatable bonds is 7. The second-order valence-electron chi connectivity index (χ2n) is 5.95. The van der Waals surface area contributed by atoms with Gasteiger partial charge in [0.25, 0.3) is 0 Å². The largest absolute Gasteiger partial charge is 0.378 e. The molecule has 1 aromatic carbocycles. The Balaban J connectivity index is 2.51. The molecule has 0 saturated heterocycles. The molecule has 2 unspecified atom stereocenters. The summed E-state index contributed by atoms with van der Waals surface area (Å²) in [4.78, 5) is 2.13. The third-order valence-electron chi connectivity index (χ3n) is 3.58. The molecule has 1 heteroatoms. The fourth-order valence-corrected chi connectivity index (χ4v) is 2.48. The number of nitrogens with zero attached hydrogens (tertiary/aromatic N) is 1. The van der Waals surface area contributed by atoms with Crippen LogP contribution in [0.1, 0.15) is 45.6 Å². The van der Waals surface area contributed by atoms with Gasteiger partial charge in [-0.05, 0) is 36.0 Å². The van der Waals surface area contributed by atoms with Crippen LogP contribution in [-0.4, -0.2) is 14.1 Å². The van der Waals surface area contributed by atoms with E-state index in [4.69, 9.17) is 0 Å². The zero-order valence-corrected chi connectivity index (χ0v) is 13.2. The van der Waals surface area contributed by atoms with E-state index < -0.39 is 0 Å². The van der Waals surface area contributed by atoms with E-state index >= 15 is 0 Å². The van der Waals surface area contributed by atoms with Gasteiger partial charge in [0.2, 0.25) is 0 Å². The average Bonchev–Trinajstić information content (AvgIpc) is 2.37. The summed E-state index contributed by atoms with van der Waals surface area (Å²) < 4.78 is 0. The van der Waals surface area contributed by atoms with Crippen LogP contribution >= 0.6 is 0 Å². The summed E-state index contributed by atoms with van der Waals surface area (Å²) in [5, 5.41) is 0. The normalized spacial score (nSPS) is 14.6. The van der Waals surface area contributed by atoms with Gasteiger partial charge in [0, 0.05) is 19.8 Å². The van der Waals surface area contributed by atoms with E-state index in [0.717, 1.165) is 5.92 Å². The first-order valence-corrected chi connectivity index (χ1v) is 7.48. The molecule has 0 heterocycles. The van der Waals surface area contributed by atoms with Crippen molar-refractivity contribution < 1.29 is 0 Å². The lowest BCUT2D eigenvalue weighted by molar-refractivity contribution is 0.435. The second-order valence-corrected chi connectivity index (χ2v) is 5.95. The Morgan fingerprint density at radius 3 is 2.26 bits per heavy atom. The van der Waals surface area contributed by atoms with Gasteiger partial charge in [-0.15, -0.1) is 0 Å².